The van der Waals surface area contributed by atoms with Gasteiger partial charge in [0.2, 0.25) is 0 Å². The Bertz CT molecular complexity index is 277. The number of likely N-dealkylation sites (tertiary alicyclic amines) is 1. The summed E-state index contributed by atoms with van der Waals surface area (Å²) in [6.07, 6.45) is 6.57. The van der Waals surface area contributed by atoms with E-state index in [1.807, 2.05) is 0 Å². The fraction of sp³-hybridized carbons (Fsp3) is 0.923. The average Bonchev–Trinajstić information content (AvgIpc) is 2.93. The highest BCUT2D eigenvalue weighted by Crippen LogP contribution is 2.21. The molecule has 2 fully saturated rings. The lowest BCUT2D eigenvalue weighted by Gasteiger charge is -2.27. The summed E-state index contributed by atoms with van der Waals surface area (Å²) in [4.78, 5) is 14.1. The number of carbonyl (C=O) groups excluding carboxylic acids is 1. The van der Waals surface area contributed by atoms with Crippen LogP contribution < -0.4 is 8.85 Å². The third-order valence-electron chi connectivity index (χ3n) is 4.00. The van der Waals surface area contributed by atoms with E-state index in [-0.39, 0.29) is 12.2 Å². The molecule has 0 bridgehead atoms. The SMILES string of the molecule is O=C(NCCN1CCCC1)OC1CCC(NI)CC1. The minimum Gasteiger partial charge on any atom is -0.446 e. The molecule has 1 heterocycles. The van der Waals surface area contributed by atoms with E-state index in [0.717, 1.165) is 32.2 Å². The summed E-state index contributed by atoms with van der Waals surface area (Å²) >= 11 is 2.20. The summed E-state index contributed by atoms with van der Waals surface area (Å²) in [6, 6.07) is 0.582. The first-order valence-corrected chi connectivity index (χ1v) is 8.39. The van der Waals surface area contributed by atoms with Crippen molar-refractivity contribution < 1.29 is 9.53 Å². The Balaban J connectivity index is 1.54. The molecule has 2 N–H and O–H groups in total. The molecule has 0 aromatic carbocycles. The fourth-order valence-corrected chi connectivity index (χ4v) is 3.43. The molecule has 5 nitrogen and oxygen atoms in total. The van der Waals surface area contributed by atoms with Gasteiger partial charge in [-0.2, -0.15) is 0 Å². The van der Waals surface area contributed by atoms with E-state index in [2.05, 4.69) is 36.6 Å². The number of amides is 1. The van der Waals surface area contributed by atoms with Gasteiger partial charge in [0.1, 0.15) is 6.10 Å². The highest BCUT2D eigenvalue weighted by atomic mass is 127. The number of nitrogens with zero attached hydrogens (tertiary/aromatic N) is 1. The van der Waals surface area contributed by atoms with Gasteiger partial charge < -0.3 is 15.0 Å². The minimum absolute atomic E-state index is 0.104. The van der Waals surface area contributed by atoms with E-state index in [9.17, 15) is 4.79 Å². The molecule has 0 atom stereocenters. The van der Waals surface area contributed by atoms with Gasteiger partial charge in [-0.1, -0.05) is 0 Å². The second kappa shape index (κ2) is 8.26. The van der Waals surface area contributed by atoms with Gasteiger partial charge >= 0.3 is 6.09 Å². The Morgan fingerprint density at radius 3 is 2.53 bits per heavy atom. The molecule has 2 aliphatic rings. The van der Waals surface area contributed by atoms with Gasteiger partial charge in [0, 0.05) is 42.0 Å². The predicted octanol–water partition coefficient (Wildman–Crippen LogP) is 2.06. The van der Waals surface area contributed by atoms with E-state index in [0.29, 0.717) is 12.6 Å². The maximum Gasteiger partial charge on any atom is 0.407 e. The van der Waals surface area contributed by atoms with E-state index in [4.69, 9.17) is 4.74 Å². The van der Waals surface area contributed by atoms with Crippen molar-refractivity contribution in [1.29, 1.82) is 0 Å². The van der Waals surface area contributed by atoms with E-state index in [1.165, 1.54) is 25.9 Å². The number of nitrogens with one attached hydrogen (secondary N) is 2. The van der Waals surface area contributed by atoms with Crippen molar-refractivity contribution in [3.8, 4) is 0 Å². The third-order valence-corrected chi connectivity index (χ3v) is 4.88. The Hall–Kier alpha value is -0.0800. The van der Waals surface area contributed by atoms with Crippen molar-refractivity contribution in [2.75, 3.05) is 26.2 Å². The Kier molecular flexibility index (Phi) is 6.66. The van der Waals surface area contributed by atoms with E-state index >= 15 is 0 Å². The molecular formula is C13H24IN3O2. The summed E-state index contributed by atoms with van der Waals surface area (Å²) in [6.45, 7) is 3.98. The molecular weight excluding hydrogens is 357 g/mol. The monoisotopic (exact) mass is 381 g/mol. The molecule has 1 saturated carbocycles. The average molecular weight is 381 g/mol. The van der Waals surface area contributed by atoms with Crippen LogP contribution >= 0.6 is 22.9 Å². The topological polar surface area (TPSA) is 53.6 Å². The lowest BCUT2D eigenvalue weighted by atomic mass is 9.94. The molecule has 6 heteroatoms. The number of ether oxygens (including phenoxy) is 1. The van der Waals surface area contributed by atoms with E-state index in [1.54, 1.807) is 0 Å². The lowest BCUT2D eigenvalue weighted by molar-refractivity contribution is 0.0708. The van der Waals surface area contributed by atoms with Crippen LogP contribution in [0.15, 0.2) is 0 Å². The number of rotatable bonds is 5. The van der Waals surface area contributed by atoms with Crippen molar-refractivity contribution >= 4 is 29.0 Å². The number of hydrogen-bond donors (Lipinski definition) is 2. The minimum atomic E-state index is -0.245. The maximum absolute atomic E-state index is 11.7. The summed E-state index contributed by atoms with van der Waals surface area (Å²) < 4.78 is 8.70. The first-order valence-electron chi connectivity index (χ1n) is 7.31. The molecule has 1 saturated heterocycles. The highest BCUT2D eigenvalue weighted by Gasteiger charge is 2.23. The van der Waals surface area contributed by atoms with Gasteiger partial charge in [-0.05, 0) is 51.6 Å². The molecule has 0 aromatic heterocycles. The van der Waals surface area contributed by atoms with Gasteiger partial charge in [0.05, 0.1) is 0 Å². The van der Waals surface area contributed by atoms with Crippen molar-refractivity contribution in [3.63, 3.8) is 0 Å². The molecule has 0 spiro atoms. The second-order valence-electron chi connectivity index (χ2n) is 5.46. The van der Waals surface area contributed by atoms with Crippen LogP contribution in [0, 0.1) is 0 Å². The van der Waals surface area contributed by atoms with Crippen LogP contribution in [0.3, 0.4) is 0 Å². The quantitative estimate of drug-likeness (QED) is 0.566. The molecule has 1 amide bonds. The summed E-state index contributed by atoms with van der Waals surface area (Å²) in [7, 11) is 0. The molecule has 110 valence electrons. The van der Waals surface area contributed by atoms with Crippen molar-refractivity contribution in [2.24, 2.45) is 0 Å². The van der Waals surface area contributed by atoms with Crippen molar-refractivity contribution in [1.82, 2.24) is 13.7 Å². The largest absolute Gasteiger partial charge is 0.446 e. The lowest BCUT2D eigenvalue weighted by Crippen LogP contribution is -2.37. The molecule has 0 unspecified atom stereocenters. The molecule has 19 heavy (non-hydrogen) atoms. The summed E-state index contributed by atoms with van der Waals surface area (Å²) in [5.41, 5.74) is 0. The van der Waals surface area contributed by atoms with Gasteiger partial charge in [-0.25, -0.2) is 4.79 Å². The molecule has 2 rings (SSSR count). The van der Waals surface area contributed by atoms with Crippen LogP contribution in [0.4, 0.5) is 4.79 Å². The molecule has 0 aromatic rings. The van der Waals surface area contributed by atoms with Crippen LogP contribution in [0.25, 0.3) is 0 Å². The molecule has 1 aliphatic heterocycles. The smallest absolute Gasteiger partial charge is 0.407 e. The zero-order chi connectivity index (χ0) is 13.5. The van der Waals surface area contributed by atoms with Crippen LogP contribution in [0.5, 0.6) is 0 Å². The summed E-state index contributed by atoms with van der Waals surface area (Å²) in [5, 5.41) is 2.86. The fourth-order valence-electron chi connectivity index (χ4n) is 2.81. The molecule has 0 radical (unpaired) electrons. The highest BCUT2D eigenvalue weighted by molar-refractivity contribution is 14.1. The Morgan fingerprint density at radius 2 is 1.89 bits per heavy atom. The Morgan fingerprint density at radius 1 is 1.21 bits per heavy atom. The third kappa shape index (κ3) is 5.43. The normalized spacial score (nSPS) is 28.3. The van der Waals surface area contributed by atoms with E-state index < -0.39 is 0 Å². The number of carbonyl (C=O) groups is 1. The number of halogens is 1. The van der Waals surface area contributed by atoms with Gasteiger partial charge in [0.25, 0.3) is 0 Å². The zero-order valence-corrected chi connectivity index (χ0v) is 13.5. The van der Waals surface area contributed by atoms with Gasteiger partial charge in [-0.15, -0.1) is 0 Å². The zero-order valence-electron chi connectivity index (χ0n) is 11.4. The van der Waals surface area contributed by atoms with Crippen LogP contribution in [-0.4, -0.2) is 49.3 Å². The number of alkyl carbamates (subject to hydrolysis) is 1. The first-order chi connectivity index (χ1) is 9.28. The van der Waals surface area contributed by atoms with Crippen LogP contribution in [0.2, 0.25) is 0 Å². The van der Waals surface area contributed by atoms with Crippen molar-refractivity contribution in [3.05, 3.63) is 0 Å². The molecule has 1 aliphatic carbocycles. The predicted molar refractivity (Wildman–Crippen MR) is 83.4 cm³/mol. The maximum atomic E-state index is 11.7. The Labute approximate surface area is 129 Å². The standard InChI is InChI=1S/C13H24IN3O2/c14-16-11-3-5-12(6-4-11)19-13(18)15-7-10-17-8-1-2-9-17/h11-12,16H,1-10H2,(H,15,18). The summed E-state index contributed by atoms with van der Waals surface area (Å²) in [5.74, 6) is 0. The second-order valence-corrected chi connectivity index (χ2v) is 6.09. The van der Waals surface area contributed by atoms with Gasteiger partial charge in [-0.3, -0.25) is 3.53 Å². The first kappa shape index (κ1) is 15.3. The number of hydrogen-bond acceptors (Lipinski definition) is 4. The van der Waals surface area contributed by atoms with Crippen LogP contribution in [-0.2, 0) is 4.74 Å². The van der Waals surface area contributed by atoms with Crippen LogP contribution in [0.1, 0.15) is 38.5 Å². The van der Waals surface area contributed by atoms with Gasteiger partial charge in [0.15, 0.2) is 0 Å². The van der Waals surface area contributed by atoms with Crippen molar-refractivity contribution in [2.45, 2.75) is 50.7 Å².